The van der Waals surface area contributed by atoms with Crippen molar-refractivity contribution < 1.29 is 14.3 Å². The molecule has 0 saturated heterocycles. The molecule has 1 aliphatic carbocycles. The molecule has 4 nitrogen and oxygen atoms in total. The summed E-state index contributed by atoms with van der Waals surface area (Å²) in [6.07, 6.45) is 0.634. The highest BCUT2D eigenvalue weighted by molar-refractivity contribution is 5.99. The highest BCUT2D eigenvalue weighted by atomic mass is 16.6. The van der Waals surface area contributed by atoms with E-state index in [1.165, 1.54) is 0 Å². The lowest BCUT2D eigenvalue weighted by atomic mass is 9.86. The number of fused-ring (bicyclic) bond motifs is 1. The van der Waals surface area contributed by atoms with Gasteiger partial charge in [-0.15, -0.1) is 0 Å². The number of hydrogen-bond acceptors (Lipinski definition) is 3. The van der Waals surface area contributed by atoms with E-state index in [0.29, 0.717) is 18.4 Å². The Hall–Kier alpha value is -1.84. The first-order valence-corrected chi connectivity index (χ1v) is 6.89. The molecule has 1 aliphatic rings. The monoisotopic (exact) mass is 275 g/mol. The van der Waals surface area contributed by atoms with Crippen LogP contribution in [0.3, 0.4) is 0 Å². The fourth-order valence-corrected chi connectivity index (χ4v) is 2.39. The third-order valence-electron chi connectivity index (χ3n) is 3.23. The van der Waals surface area contributed by atoms with Gasteiger partial charge < -0.3 is 10.1 Å². The Kier molecular flexibility index (Phi) is 3.84. The lowest BCUT2D eigenvalue weighted by Crippen LogP contribution is -2.37. The fourth-order valence-electron chi connectivity index (χ4n) is 2.39. The minimum atomic E-state index is -0.524. The summed E-state index contributed by atoms with van der Waals surface area (Å²) in [5, 5.41) is 2.87. The number of carbonyl (C=O) groups is 2. The van der Waals surface area contributed by atoms with Crippen molar-refractivity contribution in [3.8, 4) is 0 Å². The van der Waals surface area contributed by atoms with E-state index in [-0.39, 0.29) is 11.8 Å². The van der Waals surface area contributed by atoms with Gasteiger partial charge in [-0.3, -0.25) is 4.79 Å². The van der Waals surface area contributed by atoms with Gasteiger partial charge in [-0.05, 0) is 39.7 Å². The number of alkyl carbamates (subject to hydrolysis) is 1. The van der Waals surface area contributed by atoms with Crippen molar-refractivity contribution in [2.24, 2.45) is 0 Å². The minimum Gasteiger partial charge on any atom is -0.444 e. The first-order valence-electron chi connectivity index (χ1n) is 6.89. The zero-order valence-corrected chi connectivity index (χ0v) is 12.4. The molecule has 0 fully saturated rings. The van der Waals surface area contributed by atoms with Gasteiger partial charge >= 0.3 is 6.09 Å². The van der Waals surface area contributed by atoms with Crippen LogP contribution in [-0.2, 0) is 4.74 Å². The molecule has 0 saturated carbocycles. The zero-order chi connectivity index (χ0) is 14.9. The maximum atomic E-state index is 11.9. The predicted octanol–water partition coefficient (Wildman–Crippen LogP) is 3.54. The Labute approximate surface area is 119 Å². The topological polar surface area (TPSA) is 55.4 Å². The SMILES string of the molecule is Cc1ccc2c(c1)[C@@H](NC(=O)OC(C)(C)C)CCC2=O. The Morgan fingerprint density at radius 2 is 2.05 bits per heavy atom. The summed E-state index contributed by atoms with van der Waals surface area (Å²) in [6, 6.07) is 5.58. The highest BCUT2D eigenvalue weighted by Gasteiger charge is 2.28. The van der Waals surface area contributed by atoms with E-state index in [1.54, 1.807) is 0 Å². The molecule has 2 rings (SSSR count). The zero-order valence-electron chi connectivity index (χ0n) is 12.4. The van der Waals surface area contributed by atoms with Crippen LogP contribution in [0.15, 0.2) is 18.2 Å². The van der Waals surface area contributed by atoms with Gasteiger partial charge in [-0.2, -0.15) is 0 Å². The van der Waals surface area contributed by atoms with Gasteiger partial charge in [-0.25, -0.2) is 4.79 Å². The van der Waals surface area contributed by atoms with Gasteiger partial charge in [0.1, 0.15) is 5.60 Å². The molecule has 0 bridgehead atoms. The molecular formula is C16H21NO3. The lowest BCUT2D eigenvalue weighted by Gasteiger charge is -2.27. The maximum absolute atomic E-state index is 11.9. The maximum Gasteiger partial charge on any atom is 0.408 e. The van der Waals surface area contributed by atoms with Crippen LogP contribution in [0, 0.1) is 6.92 Å². The number of nitrogens with one attached hydrogen (secondary N) is 1. The molecule has 0 radical (unpaired) electrons. The van der Waals surface area contributed by atoms with E-state index in [4.69, 9.17) is 4.74 Å². The first kappa shape index (κ1) is 14.6. The normalized spacial score (nSPS) is 18.4. The summed E-state index contributed by atoms with van der Waals surface area (Å²) in [5.74, 6) is 0.141. The second-order valence-electron chi connectivity index (χ2n) is 6.25. The average molecular weight is 275 g/mol. The van der Waals surface area contributed by atoms with Crippen molar-refractivity contribution in [3.05, 3.63) is 34.9 Å². The van der Waals surface area contributed by atoms with E-state index in [0.717, 1.165) is 11.1 Å². The van der Waals surface area contributed by atoms with Crippen molar-refractivity contribution in [1.82, 2.24) is 5.32 Å². The molecule has 20 heavy (non-hydrogen) atoms. The van der Waals surface area contributed by atoms with Crippen LogP contribution in [0.25, 0.3) is 0 Å². The van der Waals surface area contributed by atoms with Crippen molar-refractivity contribution in [2.45, 2.75) is 52.2 Å². The van der Waals surface area contributed by atoms with Gasteiger partial charge in [0.15, 0.2) is 5.78 Å². The molecule has 1 N–H and O–H groups in total. The Bertz CT molecular complexity index is 543. The van der Waals surface area contributed by atoms with Crippen molar-refractivity contribution in [1.29, 1.82) is 0 Å². The number of aryl methyl sites for hydroxylation is 1. The molecule has 108 valence electrons. The fraction of sp³-hybridized carbons (Fsp3) is 0.500. The number of Topliss-reactive ketones (excluding diaryl/α,β-unsaturated/α-hetero) is 1. The Morgan fingerprint density at radius 3 is 2.70 bits per heavy atom. The van der Waals surface area contributed by atoms with Crippen molar-refractivity contribution >= 4 is 11.9 Å². The van der Waals surface area contributed by atoms with Crippen LogP contribution < -0.4 is 5.32 Å². The molecule has 1 amide bonds. The van der Waals surface area contributed by atoms with Crippen LogP contribution in [-0.4, -0.2) is 17.5 Å². The highest BCUT2D eigenvalue weighted by Crippen LogP contribution is 2.30. The molecule has 0 heterocycles. The second-order valence-corrected chi connectivity index (χ2v) is 6.25. The molecule has 0 aliphatic heterocycles. The molecule has 1 atom stereocenters. The Morgan fingerprint density at radius 1 is 1.35 bits per heavy atom. The van der Waals surface area contributed by atoms with Gasteiger partial charge in [-0.1, -0.05) is 23.8 Å². The van der Waals surface area contributed by atoms with Crippen LogP contribution in [0.5, 0.6) is 0 Å². The van der Waals surface area contributed by atoms with Crippen LogP contribution in [0.1, 0.15) is 61.1 Å². The van der Waals surface area contributed by atoms with Gasteiger partial charge in [0.25, 0.3) is 0 Å². The van der Waals surface area contributed by atoms with Crippen LogP contribution in [0.2, 0.25) is 0 Å². The Balaban J connectivity index is 2.19. The number of ketones is 1. The number of carbonyl (C=O) groups excluding carboxylic acids is 2. The quantitative estimate of drug-likeness (QED) is 0.853. The number of amides is 1. The van der Waals surface area contributed by atoms with E-state index in [9.17, 15) is 9.59 Å². The second kappa shape index (κ2) is 5.27. The first-order chi connectivity index (χ1) is 9.26. The van der Waals surface area contributed by atoms with E-state index < -0.39 is 11.7 Å². The summed E-state index contributed by atoms with van der Waals surface area (Å²) < 4.78 is 5.28. The average Bonchev–Trinajstić information content (AvgIpc) is 2.30. The molecule has 0 spiro atoms. The van der Waals surface area contributed by atoms with Crippen molar-refractivity contribution in [2.75, 3.05) is 0 Å². The van der Waals surface area contributed by atoms with Gasteiger partial charge in [0.05, 0.1) is 6.04 Å². The van der Waals surface area contributed by atoms with E-state index >= 15 is 0 Å². The minimum absolute atomic E-state index is 0.141. The number of benzene rings is 1. The summed E-state index contributed by atoms with van der Waals surface area (Å²) >= 11 is 0. The lowest BCUT2D eigenvalue weighted by molar-refractivity contribution is 0.0495. The summed E-state index contributed by atoms with van der Waals surface area (Å²) in [4.78, 5) is 23.8. The molecule has 1 aromatic carbocycles. The smallest absolute Gasteiger partial charge is 0.408 e. The summed E-state index contributed by atoms with van der Waals surface area (Å²) in [7, 11) is 0. The molecule has 0 aromatic heterocycles. The largest absolute Gasteiger partial charge is 0.444 e. The molecule has 4 heteroatoms. The summed E-state index contributed by atoms with van der Waals surface area (Å²) in [5.41, 5.74) is 2.16. The third kappa shape index (κ3) is 3.38. The molecule has 1 aromatic rings. The van der Waals surface area contributed by atoms with Gasteiger partial charge in [0.2, 0.25) is 0 Å². The standard InChI is InChI=1S/C16H21NO3/c1-10-5-6-11-12(9-10)13(7-8-14(11)18)17-15(19)20-16(2,3)4/h5-6,9,13H,7-8H2,1-4H3,(H,17,19)/t13-/m0/s1. The number of ether oxygens (including phenoxy) is 1. The summed E-state index contributed by atoms with van der Waals surface area (Å²) in [6.45, 7) is 7.46. The molecular weight excluding hydrogens is 254 g/mol. The van der Waals surface area contributed by atoms with Crippen LogP contribution in [0.4, 0.5) is 4.79 Å². The van der Waals surface area contributed by atoms with E-state index in [2.05, 4.69) is 5.32 Å². The predicted molar refractivity (Wildman–Crippen MR) is 76.9 cm³/mol. The number of hydrogen-bond donors (Lipinski definition) is 1. The number of rotatable bonds is 1. The van der Waals surface area contributed by atoms with E-state index in [1.807, 2.05) is 45.9 Å². The van der Waals surface area contributed by atoms with Gasteiger partial charge in [0, 0.05) is 12.0 Å². The van der Waals surface area contributed by atoms with Crippen LogP contribution >= 0.6 is 0 Å². The third-order valence-corrected chi connectivity index (χ3v) is 3.23. The molecule has 0 unspecified atom stereocenters. The van der Waals surface area contributed by atoms with Crippen molar-refractivity contribution in [3.63, 3.8) is 0 Å².